The summed E-state index contributed by atoms with van der Waals surface area (Å²) >= 11 is 0. The minimum atomic E-state index is -1.50. The van der Waals surface area contributed by atoms with Gasteiger partial charge in [0.05, 0.1) is 20.3 Å². The Balaban J connectivity index is 1.63. The minimum absolute atomic E-state index is 0.371. The molecule has 0 aliphatic heterocycles. The molecule has 1 aromatic rings. The van der Waals surface area contributed by atoms with Gasteiger partial charge in [0.15, 0.2) is 19.8 Å². The van der Waals surface area contributed by atoms with Crippen LogP contribution in [-0.4, -0.2) is 28.6 Å². The van der Waals surface area contributed by atoms with Gasteiger partial charge in [-0.3, -0.25) is 0 Å². The molecule has 2 saturated carbocycles. The van der Waals surface area contributed by atoms with Crippen LogP contribution in [0.2, 0.25) is 19.6 Å². The van der Waals surface area contributed by atoms with E-state index in [0.717, 1.165) is 23.3 Å². The van der Waals surface area contributed by atoms with Crippen LogP contribution in [0.15, 0.2) is 12.1 Å². The molecule has 0 saturated heterocycles. The smallest absolute Gasteiger partial charge is 0.184 e. The molecule has 5 atom stereocenters. The number of benzene rings is 1. The Labute approximate surface area is 165 Å². The minimum Gasteiger partial charge on any atom is -0.493 e. The van der Waals surface area contributed by atoms with E-state index in [1.165, 1.54) is 49.7 Å². The first-order valence-corrected chi connectivity index (χ1v) is 14.1. The second kappa shape index (κ2) is 6.80. The van der Waals surface area contributed by atoms with Crippen molar-refractivity contribution in [3.05, 3.63) is 23.3 Å². The zero-order valence-corrected chi connectivity index (χ0v) is 18.9. The van der Waals surface area contributed by atoms with Gasteiger partial charge >= 0.3 is 0 Å². The van der Waals surface area contributed by atoms with E-state index in [4.69, 9.17) is 13.9 Å². The Hall–Kier alpha value is -1.00. The molecular formula is C23H36O3Si. The van der Waals surface area contributed by atoms with Crippen molar-refractivity contribution >= 4 is 8.32 Å². The van der Waals surface area contributed by atoms with E-state index in [1.54, 1.807) is 14.2 Å². The predicted octanol–water partition coefficient (Wildman–Crippen LogP) is 5.78. The summed E-state index contributed by atoms with van der Waals surface area (Å²) in [7, 11) is 1.98. The van der Waals surface area contributed by atoms with Gasteiger partial charge in [-0.1, -0.05) is 6.92 Å². The average molecular weight is 389 g/mol. The molecule has 0 N–H and O–H groups in total. The number of hydrogen-bond donors (Lipinski definition) is 0. The molecule has 0 aromatic heterocycles. The quantitative estimate of drug-likeness (QED) is 0.612. The first-order valence-electron chi connectivity index (χ1n) is 10.7. The van der Waals surface area contributed by atoms with Gasteiger partial charge < -0.3 is 13.9 Å². The average Bonchev–Trinajstić information content (AvgIpc) is 2.95. The highest BCUT2D eigenvalue weighted by Crippen LogP contribution is 2.62. The Kier molecular flexibility index (Phi) is 4.87. The summed E-state index contributed by atoms with van der Waals surface area (Å²) in [5, 5.41) is 0. The molecule has 1 aromatic carbocycles. The monoisotopic (exact) mass is 388 g/mol. The van der Waals surface area contributed by atoms with E-state index >= 15 is 0 Å². The largest absolute Gasteiger partial charge is 0.493 e. The molecular weight excluding hydrogens is 352 g/mol. The van der Waals surface area contributed by atoms with E-state index in [2.05, 4.69) is 38.7 Å². The van der Waals surface area contributed by atoms with Gasteiger partial charge in [-0.25, -0.2) is 0 Å². The Morgan fingerprint density at radius 3 is 2.33 bits per heavy atom. The molecule has 0 bridgehead atoms. The third-order valence-corrected chi connectivity index (χ3v) is 8.63. The molecule has 0 radical (unpaired) electrons. The highest BCUT2D eigenvalue weighted by molar-refractivity contribution is 6.69. The standard InChI is InChI=1S/C23H36O3Si/c1-23-12-11-16-17(19(23)9-10-22(23)26-27(4,5)6)8-7-15-13-20(24-2)21(25-3)14-18(15)16/h13-14,16-17,19,22H,7-12H2,1-6H3. The number of methoxy groups -OCH3 is 2. The fraction of sp³-hybridized carbons (Fsp3) is 0.739. The summed E-state index contributed by atoms with van der Waals surface area (Å²) in [5.74, 6) is 4.04. The molecule has 3 aliphatic rings. The normalized spacial score (nSPS) is 35.2. The first-order chi connectivity index (χ1) is 12.8. The zero-order valence-electron chi connectivity index (χ0n) is 17.9. The van der Waals surface area contributed by atoms with Gasteiger partial charge in [0.2, 0.25) is 0 Å². The fourth-order valence-corrected chi connectivity index (χ4v) is 7.71. The number of aryl methyl sites for hydroxylation is 1. The lowest BCUT2D eigenvalue weighted by atomic mass is 9.55. The number of hydrogen-bond acceptors (Lipinski definition) is 3. The molecule has 5 unspecified atom stereocenters. The lowest BCUT2D eigenvalue weighted by Gasteiger charge is -2.51. The highest BCUT2D eigenvalue weighted by atomic mass is 28.4. The lowest BCUT2D eigenvalue weighted by Crippen LogP contribution is -2.47. The van der Waals surface area contributed by atoms with E-state index in [-0.39, 0.29) is 0 Å². The molecule has 2 fully saturated rings. The zero-order chi connectivity index (χ0) is 19.4. The second-order valence-corrected chi connectivity index (χ2v) is 14.6. The first kappa shape index (κ1) is 19.3. The van der Waals surface area contributed by atoms with Crippen molar-refractivity contribution in [2.24, 2.45) is 17.3 Å². The van der Waals surface area contributed by atoms with Crippen LogP contribution in [0.25, 0.3) is 0 Å². The maximum absolute atomic E-state index is 6.69. The van der Waals surface area contributed by atoms with Crippen LogP contribution in [0.3, 0.4) is 0 Å². The van der Waals surface area contributed by atoms with Gasteiger partial charge in [0, 0.05) is 0 Å². The third-order valence-electron chi connectivity index (χ3n) is 7.64. The van der Waals surface area contributed by atoms with Crippen molar-refractivity contribution in [3.8, 4) is 11.5 Å². The number of fused-ring (bicyclic) bond motifs is 5. The van der Waals surface area contributed by atoms with Crippen LogP contribution >= 0.6 is 0 Å². The lowest BCUT2D eigenvalue weighted by molar-refractivity contribution is -0.0141. The Morgan fingerprint density at radius 1 is 0.963 bits per heavy atom. The van der Waals surface area contributed by atoms with Crippen molar-refractivity contribution in [3.63, 3.8) is 0 Å². The van der Waals surface area contributed by atoms with Crippen LogP contribution in [0, 0.1) is 17.3 Å². The van der Waals surface area contributed by atoms with Crippen molar-refractivity contribution in [2.75, 3.05) is 14.2 Å². The van der Waals surface area contributed by atoms with Crippen LogP contribution in [0.4, 0.5) is 0 Å². The number of ether oxygens (including phenoxy) is 2. The van der Waals surface area contributed by atoms with Crippen LogP contribution in [0.1, 0.15) is 56.1 Å². The van der Waals surface area contributed by atoms with Crippen molar-refractivity contribution in [2.45, 2.75) is 77.1 Å². The highest BCUT2D eigenvalue weighted by Gasteiger charge is 2.55. The molecule has 0 spiro atoms. The van der Waals surface area contributed by atoms with Crippen LogP contribution < -0.4 is 9.47 Å². The van der Waals surface area contributed by atoms with Gasteiger partial charge in [-0.15, -0.1) is 0 Å². The maximum Gasteiger partial charge on any atom is 0.184 e. The molecule has 150 valence electrons. The van der Waals surface area contributed by atoms with Crippen molar-refractivity contribution in [1.82, 2.24) is 0 Å². The third kappa shape index (κ3) is 3.23. The van der Waals surface area contributed by atoms with Crippen molar-refractivity contribution < 1.29 is 13.9 Å². The van der Waals surface area contributed by atoms with Crippen LogP contribution in [0.5, 0.6) is 11.5 Å². The molecule has 3 aliphatic carbocycles. The summed E-state index contributed by atoms with van der Waals surface area (Å²) < 4.78 is 17.9. The summed E-state index contributed by atoms with van der Waals surface area (Å²) in [6.07, 6.45) is 8.13. The maximum atomic E-state index is 6.69. The predicted molar refractivity (Wildman–Crippen MR) is 112 cm³/mol. The summed E-state index contributed by atoms with van der Waals surface area (Å²) in [6, 6.07) is 4.50. The molecule has 0 amide bonds. The van der Waals surface area contributed by atoms with Crippen LogP contribution in [-0.2, 0) is 10.8 Å². The van der Waals surface area contributed by atoms with Gasteiger partial charge in [-0.2, -0.15) is 0 Å². The Bertz CT molecular complexity index is 710. The van der Waals surface area contributed by atoms with Crippen molar-refractivity contribution in [1.29, 1.82) is 0 Å². The molecule has 27 heavy (non-hydrogen) atoms. The molecule has 4 heteroatoms. The van der Waals surface area contributed by atoms with E-state index < -0.39 is 8.32 Å². The summed E-state index contributed by atoms with van der Waals surface area (Å²) in [4.78, 5) is 0. The summed E-state index contributed by atoms with van der Waals surface area (Å²) in [5.41, 5.74) is 3.38. The van der Waals surface area contributed by atoms with Gasteiger partial charge in [0.25, 0.3) is 0 Å². The molecule has 4 rings (SSSR count). The number of rotatable bonds is 4. The second-order valence-electron chi connectivity index (χ2n) is 10.2. The van der Waals surface area contributed by atoms with Gasteiger partial charge in [-0.05, 0) is 105 Å². The van der Waals surface area contributed by atoms with Gasteiger partial charge in [0.1, 0.15) is 0 Å². The fourth-order valence-electron chi connectivity index (χ4n) is 6.47. The Morgan fingerprint density at radius 2 is 1.67 bits per heavy atom. The topological polar surface area (TPSA) is 27.7 Å². The van der Waals surface area contributed by atoms with E-state index in [1.807, 2.05) is 0 Å². The molecule has 3 nitrogen and oxygen atoms in total. The SMILES string of the molecule is COc1cc2c(cc1OC)C1CCC3(C)C(O[Si](C)(C)C)CCC3C1CC2. The van der Waals surface area contributed by atoms with E-state index in [9.17, 15) is 0 Å². The molecule has 0 heterocycles. The van der Waals surface area contributed by atoms with E-state index in [0.29, 0.717) is 17.4 Å². The summed E-state index contributed by atoms with van der Waals surface area (Å²) in [6.45, 7) is 9.55.